The van der Waals surface area contributed by atoms with Crippen molar-refractivity contribution >= 4 is 35.0 Å². The second-order valence-electron chi connectivity index (χ2n) is 8.69. The third-order valence-electron chi connectivity index (χ3n) is 5.98. The number of anilines is 1. The molecule has 1 aromatic heterocycles. The Morgan fingerprint density at radius 2 is 1.92 bits per heavy atom. The standard InChI is InChI=1S/C27H28FN3O5S/c1-16-24(26(33)35-3)11-22(37-16)14-29-12-18-4-6-19(7-5-18)23-9-8-20(10-25(23)28)31-15-21(36-27(31)34)13-30-17(2)32/h4-11,21,29H,12-15H2,1-3H3,(H,30,32)/t21-/m0/s1. The highest BCUT2D eigenvalue weighted by Crippen LogP contribution is 2.29. The Labute approximate surface area is 218 Å². The second kappa shape index (κ2) is 11.5. The van der Waals surface area contributed by atoms with E-state index in [1.165, 1.54) is 25.0 Å². The molecule has 0 unspecified atom stereocenters. The zero-order valence-corrected chi connectivity index (χ0v) is 21.6. The monoisotopic (exact) mass is 525 g/mol. The van der Waals surface area contributed by atoms with Crippen LogP contribution in [0.25, 0.3) is 11.1 Å². The smallest absolute Gasteiger partial charge is 0.414 e. The van der Waals surface area contributed by atoms with Crippen LogP contribution in [0.5, 0.6) is 0 Å². The molecule has 0 radical (unpaired) electrons. The van der Waals surface area contributed by atoms with Gasteiger partial charge in [0.2, 0.25) is 5.91 Å². The molecule has 2 heterocycles. The fourth-order valence-corrected chi connectivity index (χ4v) is 5.07. The zero-order valence-electron chi connectivity index (χ0n) is 20.8. The van der Waals surface area contributed by atoms with E-state index in [0.717, 1.165) is 20.9 Å². The number of carbonyl (C=O) groups excluding carboxylic acids is 3. The Morgan fingerprint density at radius 1 is 1.16 bits per heavy atom. The van der Waals surface area contributed by atoms with Crippen LogP contribution >= 0.6 is 11.3 Å². The number of hydrogen-bond acceptors (Lipinski definition) is 7. The van der Waals surface area contributed by atoms with Crippen molar-refractivity contribution in [1.82, 2.24) is 10.6 Å². The summed E-state index contributed by atoms with van der Waals surface area (Å²) in [6.45, 7) is 4.95. The number of methoxy groups -OCH3 is 1. The molecule has 0 spiro atoms. The Bertz CT molecular complexity index is 1310. The summed E-state index contributed by atoms with van der Waals surface area (Å²) in [7, 11) is 1.37. The van der Waals surface area contributed by atoms with E-state index in [4.69, 9.17) is 9.47 Å². The number of thiophene rings is 1. The highest BCUT2D eigenvalue weighted by atomic mass is 32.1. The predicted octanol–water partition coefficient (Wildman–Crippen LogP) is 4.40. The minimum atomic E-state index is -0.571. The number of nitrogens with zero attached hydrogens (tertiary/aromatic N) is 1. The second-order valence-corrected chi connectivity index (χ2v) is 10.0. The fourth-order valence-electron chi connectivity index (χ4n) is 4.08. The first-order chi connectivity index (χ1) is 17.7. The Morgan fingerprint density at radius 3 is 2.59 bits per heavy atom. The topological polar surface area (TPSA) is 97.0 Å². The lowest BCUT2D eigenvalue weighted by Crippen LogP contribution is -2.33. The summed E-state index contributed by atoms with van der Waals surface area (Å²) in [5, 5.41) is 5.98. The van der Waals surface area contributed by atoms with Crippen LogP contribution in [-0.4, -0.2) is 44.3 Å². The Kier molecular flexibility index (Phi) is 8.20. The summed E-state index contributed by atoms with van der Waals surface area (Å²) in [4.78, 5) is 38.4. The number of ether oxygens (including phenoxy) is 2. The lowest BCUT2D eigenvalue weighted by molar-refractivity contribution is -0.119. The molecular formula is C27H28FN3O5S. The van der Waals surface area contributed by atoms with Gasteiger partial charge in [-0.3, -0.25) is 9.69 Å². The minimum Gasteiger partial charge on any atom is -0.465 e. The molecule has 194 valence electrons. The van der Waals surface area contributed by atoms with Gasteiger partial charge in [0.25, 0.3) is 0 Å². The number of hydrogen-bond donors (Lipinski definition) is 2. The summed E-state index contributed by atoms with van der Waals surface area (Å²) in [5.41, 5.74) is 3.17. The molecule has 1 fully saturated rings. The molecule has 2 N–H and O–H groups in total. The van der Waals surface area contributed by atoms with Crippen LogP contribution in [0, 0.1) is 12.7 Å². The summed E-state index contributed by atoms with van der Waals surface area (Å²) in [6, 6.07) is 14.1. The van der Waals surface area contributed by atoms with Gasteiger partial charge in [-0.05, 0) is 42.3 Å². The number of aryl methyl sites for hydroxylation is 1. The van der Waals surface area contributed by atoms with Crippen molar-refractivity contribution in [3.05, 3.63) is 75.2 Å². The number of halogens is 1. The van der Waals surface area contributed by atoms with E-state index in [1.807, 2.05) is 37.3 Å². The average Bonchev–Trinajstić information content (AvgIpc) is 3.44. The number of amides is 2. The SMILES string of the molecule is COC(=O)c1cc(CNCc2ccc(-c3ccc(N4C[C@H](CNC(C)=O)OC4=O)cc3F)cc2)sc1C. The van der Waals surface area contributed by atoms with Gasteiger partial charge in [0.15, 0.2) is 0 Å². The van der Waals surface area contributed by atoms with E-state index in [9.17, 15) is 18.8 Å². The lowest BCUT2D eigenvalue weighted by Gasteiger charge is -2.15. The van der Waals surface area contributed by atoms with E-state index >= 15 is 0 Å². The fraction of sp³-hybridized carbons (Fsp3) is 0.296. The molecule has 3 aromatic rings. The summed E-state index contributed by atoms with van der Waals surface area (Å²) in [6.07, 6.45) is -1.06. The minimum absolute atomic E-state index is 0.209. The highest BCUT2D eigenvalue weighted by molar-refractivity contribution is 7.12. The van der Waals surface area contributed by atoms with Crippen molar-refractivity contribution in [3.63, 3.8) is 0 Å². The molecule has 4 rings (SSSR count). The number of carbonyl (C=O) groups is 3. The number of benzene rings is 2. The molecule has 37 heavy (non-hydrogen) atoms. The van der Waals surface area contributed by atoms with Gasteiger partial charge >= 0.3 is 12.1 Å². The third kappa shape index (κ3) is 6.33. The van der Waals surface area contributed by atoms with Crippen molar-refractivity contribution in [1.29, 1.82) is 0 Å². The molecular weight excluding hydrogens is 497 g/mol. The number of rotatable bonds is 9. The first-order valence-electron chi connectivity index (χ1n) is 11.7. The van der Waals surface area contributed by atoms with Crippen molar-refractivity contribution in [3.8, 4) is 11.1 Å². The van der Waals surface area contributed by atoms with Crippen LogP contribution < -0.4 is 15.5 Å². The van der Waals surface area contributed by atoms with Crippen molar-refractivity contribution < 1.29 is 28.2 Å². The van der Waals surface area contributed by atoms with Gasteiger partial charge in [-0.25, -0.2) is 14.0 Å². The average molecular weight is 526 g/mol. The van der Waals surface area contributed by atoms with E-state index in [-0.39, 0.29) is 25.0 Å². The lowest BCUT2D eigenvalue weighted by atomic mass is 10.0. The molecule has 1 aliphatic heterocycles. The maximum atomic E-state index is 15.0. The first kappa shape index (κ1) is 26.3. The molecule has 10 heteroatoms. The Hall–Kier alpha value is -3.76. The van der Waals surface area contributed by atoms with Gasteiger partial charge in [0, 0.05) is 35.3 Å². The molecule has 0 aliphatic carbocycles. The van der Waals surface area contributed by atoms with Gasteiger partial charge in [-0.1, -0.05) is 24.3 Å². The molecule has 0 saturated carbocycles. The predicted molar refractivity (Wildman–Crippen MR) is 139 cm³/mol. The van der Waals surface area contributed by atoms with Gasteiger partial charge in [-0.15, -0.1) is 11.3 Å². The van der Waals surface area contributed by atoms with Gasteiger partial charge in [0.1, 0.15) is 11.9 Å². The molecule has 1 atom stereocenters. The highest BCUT2D eigenvalue weighted by Gasteiger charge is 2.32. The van der Waals surface area contributed by atoms with Crippen LogP contribution in [0.3, 0.4) is 0 Å². The summed E-state index contributed by atoms with van der Waals surface area (Å²) >= 11 is 1.55. The maximum absolute atomic E-state index is 15.0. The van der Waals surface area contributed by atoms with Gasteiger partial charge < -0.3 is 20.1 Å². The van der Waals surface area contributed by atoms with E-state index in [0.29, 0.717) is 29.9 Å². The molecule has 2 aromatic carbocycles. The molecule has 1 saturated heterocycles. The molecule has 2 amide bonds. The molecule has 0 bridgehead atoms. The number of esters is 1. The van der Waals surface area contributed by atoms with Crippen LogP contribution in [0.15, 0.2) is 48.5 Å². The van der Waals surface area contributed by atoms with E-state index in [1.54, 1.807) is 23.5 Å². The van der Waals surface area contributed by atoms with Gasteiger partial charge in [0.05, 0.1) is 31.5 Å². The Balaban J connectivity index is 1.35. The third-order valence-corrected chi connectivity index (χ3v) is 7.03. The number of nitrogens with one attached hydrogen (secondary N) is 2. The van der Waals surface area contributed by atoms with Crippen LogP contribution in [0.1, 0.15) is 32.6 Å². The van der Waals surface area contributed by atoms with Crippen LogP contribution in [-0.2, 0) is 27.4 Å². The summed E-state index contributed by atoms with van der Waals surface area (Å²) < 4.78 is 25.1. The molecule has 8 nitrogen and oxygen atoms in total. The first-order valence-corrected chi connectivity index (χ1v) is 12.6. The quantitative estimate of drug-likeness (QED) is 0.402. The van der Waals surface area contributed by atoms with E-state index < -0.39 is 18.0 Å². The largest absolute Gasteiger partial charge is 0.465 e. The molecule has 1 aliphatic rings. The van der Waals surface area contributed by atoms with Gasteiger partial charge in [-0.2, -0.15) is 0 Å². The summed E-state index contributed by atoms with van der Waals surface area (Å²) in [5.74, 6) is -0.989. The zero-order chi connectivity index (χ0) is 26.5. The number of cyclic esters (lactones) is 1. The van der Waals surface area contributed by atoms with Crippen LogP contribution in [0.2, 0.25) is 0 Å². The van der Waals surface area contributed by atoms with Crippen molar-refractivity contribution in [2.24, 2.45) is 0 Å². The normalized spacial score (nSPS) is 15.0. The van der Waals surface area contributed by atoms with Crippen LogP contribution in [0.4, 0.5) is 14.9 Å². The van der Waals surface area contributed by atoms with E-state index in [2.05, 4.69) is 10.6 Å². The van der Waals surface area contributed by atoms with Crippen molar-refractivity contribution in [2.75, 3.05) is 25.1 Å². The maximum Gasteiger partial charge on any atom is 0.414 e. The van der Waals surface area contributed by atoms with Crippen molar-refractivity contribution in [2.45, 2.75) is 33.0 Å².